The number of nitrogens with one attached hydrogen (secondary N) is 1. The van der Waals surface area contributed by atoms with Crippen molar-refractivity contribution in [3.63, 3.8) is 0 Å². The van der Waals surface area contributed by atoms with Gasteiger partial charge in [-0.1, -0.05) is 42.7 Å². The molecule has 0 radical (unpaired) electrons. The zero-order valence-electron chi connectivity index (χ0n) is 16.5. The molecule has 0 amide bonds. The van der Waals surface area contributed by atoms with Gasteiger partial charge in [-0.2, -0.15) is 0 Å². The third-order valence-corrected chi connectivity index (χ3v) is 5.81. The van der Waals surface area contributed by atoms with E-state index < -0.39 is 0 Å². The number of ether oxygens (including phenoxy) is 1. The molecular weight excluding hydrogens is 322 g/mol. The summed E-state index contributed by atoms with van der Waals surface area (Å²) in [7, 11) is 1.89. The summed E-state index contributed by atoms with van der Waals surface area (Å²) in [6.07, 6.45) is 9.25. The minimum atomic E-state index is 0.442. The van der Waals surface area contributed by atoms with Gasteiger partial charge in [-0.3, -0.25) is 4.99 Å². The Morgan fingerprint density at radius 3 is 2.46 bits per heavy atom. The molecule has 1 aromatic rings. The SMILES string of the molecule is CN=C(NCCc1ccc(C)cc1)N1CCC(OCC2CCCC2)CC1. The van der Waals surface area contributed by atoms with E-state index in [1.54, 1.807) is 0 Å². The van der Waals surface area contributed by atoms with E-state index in [2.05, 4.69) is 46.4 Å². The third-order valence-electron chi connectivity index (χ3n) is 5.81. The van der Waals surface area contributed by atoms with Crippen molar-refractivity contribution >= 4 is 5.96 Å². The Morgan fingerprint density at radius 1 is 1.12 bits per heavy atom. The van der Waals surface area contributed by atoms with Crippen LogP contribution in [-0.2, 0) is 11.2 Å². The largest absolute Gasteiger partial charge is 0.378 e. The predicted molar refractivity (Wildman–Crippen MR) is 109 cm³/mol. The number of nitrogens with zero attached hydrogens (tertiary/aromatic N) is 2. The van der Waals surface area contributed by atoms with Crippen LogP contribution in [0.15, 0.2) is 29.3 Å². The Morgan fingerprint density at radius 2 is 1.81 bits per heavy atom. The molecule has 3 rings (SSSR count). The minimum Gasteiger partial charge on any atom is -0.378 e. The highest BCUT2D eigenvalue weighted by Gasteiger charge is 2.23. The fourth-order valence-electron chi connectivity index (χ4n) is 4.09. The van der Waals surface area contributed by atoms with Crippen molar-refractivity contribution in [2.75, 3.05) is 33.3 Å². The van der Waals surface area contributed by atoms with E-state index in [-0.39, 0.29) is 0 Å². The van der Waals surface area contributed by atoms with E-state index in [0.29, 0.717) is 6.10 Å². The maximum Gasteiger partial charge on any atom is 0.193 e. The van der Waals surface area contributed by atoms with Crippen molar-refractivity contribution < 1.29 is 4.74 Å². The van der Waals surface area contributed by atoms with Crippen molar-refractivity contribution in [1.29, 1.82) is 0 Å². The Balaban J connectivity index is 1.35. The normalized spacial score (nSPS) is 19.9. The molecule has 1 saturated heterocycles. The molecule has 0 unspecified atom stereocenters. The number of aryl methyl sites for hydroxylation is 1. The molecule has 0 spiro atoms. The van der Waals surface area contributed by atoms with Crippen molar-refractivity contribution in [2.24, 2.45) is 10.9 Å². The van der Waals surface area contributed by atoms with Crippen LogP contribution in [0.4, 0.5) is 0 Å². The summed E-state index contributed by atoms with van der Waals surface area (Å²) < 4.78 is 6.19. The second-order valence-electron chi connectivity index (χ2n) is 7.88. The molecule has 0 bridgehead atoms. The lowest BCUT2D eigenvalue weighted by atomic mass is 10.1. The van der Waals surface area contributed by atoms with Crippen LogP contribution in [0.2, 0.25) is 0 Å². The van der Waals surface area contributed by atoms with Gasteiger partial charge in [-0.05, 0) is 50.5 Å². The molecule has 0 aromatic heterocycles. The van der Waals surface area contributed by atoms with Gasteiger partial charge >= 0.3 is 0 Å². The van der Waals surface area contributed by atoms with Gasteiger partial charge in [-0.15, -0.1) is 0 Å². The van der Waals surface area contributed by atoms with Crippen LogP contribution >= 0.6 is 0 Å². The van der Waals surface area contributed by atoms with Crippen molar-refractivity contribution in [3.8, 4) is 0 Å². The van der Waals surface area contributed by atoms with Crippen LogP contribution in [-0.4, -0.2) is 50.3 Å². The first-order valence-electron chi connectivity index (χ1n) is 10.4. The maximum atomic E-state index is 6.19. The number of aliphatic imine (C=N–C) groups is 1. The molecule has 1 N–H and O–H groups in total. The molecule has 26 heavy (non-hydrogen) atoms. The molecule has 1 saturated carbocycles. The second-order valence-corrected chi connectivity index (χ2v) is 7.88. The Labute approximate surface area is 159 Å². The average molecular weight is 358 g/mol. The summed E-state index contributed by atoms with van der Waals surface area (Å²) in [5.41, 5.74) is 2.69. The van der Waals surface area contributed by atoms with Crippen LogP contribution in [0.1, 0.15) is 49.7 Å². The summed E-state index contributed by atoms with van der Waals surface area (Å²) in [5.74, 6) is 1.86. The molecule has 1 heterocycles. The van der Waals surface area contributed by atoms with Gasteiger partial charge < -0.3 is 15.0 Å². The number of likely N-dealkylation sites (tertiary alicyclic amines) is 1. The van der Waals surface area contributed by atoms with Gasteiger partial charge in [0, 0.05) is 33.3 Å². The first kappa shape index (κ1) is 19.2. The third kappa shape index (κ3) is 5.73. The summed E-state index contributed by atoms with van der Waals surface area (Å²) >= 11 is 0. The van der Waals surface area contributed by atoms with Gasteiger partial charge in [0.05, 0.1) is 6.10 Å². The van der Waals surface area contributed by atoms with Crippen LogP contribution in [0.25, 0.3) is 0 Å². The van der Waals surface area contributed by atoms with E-state index in [9.17, 15) is 0 Å². The van der Waals surface area contributed by atoms with Crippen molar-refractivity contribution in [1.82, 2.24) is 10.2 Å². The zero-order valence-corrected chi connectivity index (χ0v) is 16.5. The summed E-state index contributed by atoms with van der Waals surface area (Å²) in [6, 6.07) is 8.79. The molecule has 4 nitrogen and oxygen atoms in total. The molecule has 1 aliphatic heterocycles. The average Bonchev–Trinajstić information content (AvgIpc) is 3.19. The molecule has 1 aromatic carbocycles. The fraction of sp³-hybridized carbons (Fsp3) is 0.682. The first-order chi connectivity index (χ1) is 12.7. The molecule has 144 valence electrons. The van der Waals surface area contributed by atoms with Gasteiger partial charge in [0.1, 0.15) is 0 Å². The van der Waals surface area contributed by atoms with Crippen LogP contribution in [0.3, 0.4) is 0 Å². The number of hydrogen-bond donors (Lipinski definition) is 1. The van der Waals surface area contributed by atoms with E-state index in [1.165, 1.54) is 36.8 Å². The van der Waals surface area contributed by atoms with Crippen LogP contribution in [0.5, 0.6) is 0 Å². The van der Waals surface area contributed by atoms with Crippen molar-refractivity contribution in [3.05, 3.63) is 35.4 Å². The van der Waals surface area contributed by atoms with Crippen molar-refractivity contribution in [2.45, 2.75) is 58.0 Å². The smallest absolute Gasteiger partial charge is 0.193 e. The minimum absolute atomic E-state index is 0.442. The topological polar surface area (TPSA) is 36.9 Å². The van der Waals surface area contributed by atoms with Crippen LogP contribution < -0.4 is 5.32 Å². The molecular formula is C22H35N3O. The monoisotopic (exact) mass is 357 g/mol. The zero-order chi connectivity index (χ0) is 18.2. The number of guanidine groups is 1. The predicted octanol–water partition coefficient (Wildman–Crippen LogP) is 3.78. The second kappa shape index (κ2) is 9.96. The van der Waals surface area contributed by atoms with E-state index >= 15 is 0 Å². The number of piperidine rings is 1. The first-order valence-corrected chi connectivity index (χ1v) is 10.4. The van der Waals surface area contributed by atoms with Gasteiger partial charge in [-0.25, -0.2) is 0 Å². The summed E-state index contributed by atoms with van der Waals surface area (Å²) in [6.45, 7) is 6.12. The molecule has 2 aliphatic rings. The standard InChI is InChI=1S/C22H35N3O/c1-18-7-9-19(10-8-18)11-14-24-22(23-2)25-15-12-21(13-16-25)26-17-20-5-3-4-6-20/h7-10,20-21H,3-6,11-17H2,1-2H3,(H,23,24). The van der Waals surface area contributed by atoms with Gasteiger partial charge in [0.25, 0.3) is 0 Å². The van der Waals surface area contributed by atoms with E-state index in [0.717, 1.165) is 57.4 Å². The quantitative estimate of drug-likeness (QED) is 0.622. The van der Waals surface area contributed by atoms with E-state index in [4.69, 9.17) is 4.74 Å². The number of benzene rings is 1. The molecule has 1 aliphatic carbocycles. The fourth-order valence-corrected chi connectivity index (χ4v) is 4.09. The molecule has 4 heteroatoms. The Hall–Kier alpha value is -1.55. The Bertz CT molecular complexity index is 555. The molecule has 0 atom stereocenters. The van der Waals surface area contributed by atoms with E-state index in [1.807, 2.05) is 7.05 Å². The number of hydrogen-bond acceptors (Lipinski definition) is 2. The molecule has 2 fully saturated rings. The Kier molecular flexibility index (Phi) is 7.36. The van der Waals surface area contributed by atoms with Gasteiger partial charge in [0.2, 0.25) is 0 Å². The number of rotatable bonds is 6. The lowest BCUT2D eigenvalue weighted by molar-refractivity contribution is 0.00103. The lowest BCUT2D eigenvalue weighted by Gasteiger charge is -2.34. The van der Waals surface area contributed by atoms with Gasteiger partial charge in [0.15, 0.2) is 5.96 Å². The van der Waals surface area contributed by atoms with Crippen LogP contribution in [0, 0.1) is 12.8 Å². The highest BCUT2D eigenvalue weighted by Crippen LogP contribution is 2.26. The highest BCUT2D eigenvalue weighted by molar-refractivity contribution is 5.79. The maximum absolute atomic E-state index is 6.19. The lowest BCUT2D eigenvalue weighted by Crippen LogP contribution is -2.47. The summed E-state index contributed by atoms with van der Waals surface area (Å²) in [4.78, 5) is 6.86. The highest BCUT2D eigenvalue weighted by atomic mass is 16.5. The summed E-state index contributed by atoms with van der Waals surface area (Å²) in [5, 5.41) is 3.53.